The molecule has 0 aliphatic rings. The molecule has 0 saturated heterocycles. The standard InChI is InChI=1S/C12H14N2O2/c1-5-12(3,4)14-11(16)9-7-13-8(2)6-10(9)15/h1,6-7H,2-4H3,(H,13,15)(H,14,16). The smallest absolute Gasteiger partial charge is 0.257 e. The number of rotatable bonds is 2. The average molecular weight is 218 g/mol. The molecule has 0 aliphatic heterocycles. The van der Waals surface area contributed by atoms with Gasteiger partial charge in [-0.3, -0.25) is 9.59 Å². The number of hydrogen-bond acceptors (Lipinski definition) is 2. The van der Waals surface area contributed by atoms with Crippen LogP contribution in [-0.2, 0) is 0 Å². The van der Waals surface area contributed by atoms with Crippen molar-refractivity contribution < 1.29 is 4.79 Å². The van der Waals surface area contributed by atoms with Gasteiger partial charge in [-0.25, -0.2) is 0 Å². The van der Waals surface area contributed by atoms with Gasteiger partial charge in [-0.2, -0.15) is 0 Å². The van der Waals surface area contributed by atoms with Gasteiger partial charge in [0.15, 0.2) is 5.43 Å². The molecule has 0 bridgehead atoms. The average Bonchev–Trinajstić information content (AvgIpc) is 2.16. The summed E-state index contributed by atoms with van der Waals surface area (Å²) in [6.07, 6.45) is 6.63. The molecule has 0 unspecified atom stereocenters. The van der Waals surface area contributed by atoms with E-state index in [-0.39, 0.29) is 11.0 Å². The van der Waals surface area contributed by atoms with E-state index in [2.05, 4.69) is 16.2 Å². The largest absolute Gasteiger partial charge is 0.364 e. The van der Waals surface area contributed by atoms with Crippen molar-refractivity contribution in [3.05, 3.63) is 33.7 Å². The minimum atomic E-state index is -0.769. The van der Waals surface area contributed by atoms with Crippen LogP contribution in [0.3, 0.4) is 0 Å². The van der Waals surface area contributed by atoms with Crippen molar-refractivity contribution >= 4 is 5.91 Å². The Hall–Kier alpha value is -2.02. The first kappa shape index (κ1) is 12.1. The summed E-state index contributed by atoms with van der Waals surface area (Å²) >= 11 is 0. The summed E-state index contributed by atoms with van der Waals surface area (Å²) in [4.78, 5) is 26.1. The van der Waals surface area contributed by atoms with Crippen molar-refractivity contribution in [1.29, 1.82) is 0 Å². The van der Waals surface area contributed by atoms with E-state index in [0.717, 1.165) is 0 Å². The number of carbonyl (C=O) groups excluding carboxylic acids is 1. The van der Waals surface area contributed by atoms with E-state index in [0.29, 0.717) is 5.69 Å². The van der Waals surface area contributed by atoms with E-state index in [1.165, 1.54) is 12.3 Å². The monoisotopic (exact) mass is 218 g/mol. The molecule has 84 valence electrons. The molecule has 1 heterocycles. The molecule has 0 atom stereocenters. The van der Waals surface area contributed by atoms with E-state index in [1.54, 1.807) is 20.8 Å². The zero-order valence-corrected chi connectivity index (χ0v) is 9.55. The van der Waals surface area contributed by atoms with Gasteiger partial charge in [-0.1, -0.05) is 5.92 Å². The van der Waals surface area contributed by atoms with Gasteiger partial charge in [0.1, 0.15) is 5.56 Å². The first-order valence-electron chi connectivity index (χ1n) is 4.85. The summed E-state index contributed by atoms with van der Waals surface area (Å²) in [5.74, 6) is 1.96. The molecule has 0 aromatic carbocycles. The van der Waals surface area contributed by atoms with Crippen molar-refractivity contribution in [2.45, 2.75) is 26.3 Å². The Morgan fingerprint density at radius 3 is 2.69 bits per heavy atom. The molecular weight excluding hydrogens is 204 g/mol. The Bertz CT molecular complexity index is 506. The highest BCUT2D eigenvalue weighted by atomic mass is 16.2. The van der Waals surface area contributed by atoms with Gasteiger partial charge >= 0.3 is 0 Å². The molecule has 0 radical (unpaired) electrons. The van der Waals surface area contributed by atoms with Crippen LogP contribution in [0.1, 0.15) is 29.9 Å². The Labute approximate surface area is 94.1 Å². The van der Waals surface area contributed by atoms with Crippen molar-refractivity contribution in [2.75, 3.05) is 0 Å². The van der Waals surface area contributed by atoms with Gasteiger partial charge < -0.3 is 10.3 Å². The normalized spacial score (nSPS) is 10.6. The highest BCUT2D eigenvalue weighted by Gasteiger charge is 2.19. The quantitative estimate of drug-likeness (QED) is 0.722. The second-order valence-corrected chi connectivity index (χ2v) is 4.12. The molecule has 2 N–H and O–H groups in total. The highest BCUT2D eigenvalue weighted by Crippen LogP contribution is 2.01. The number of hydrogen-bond donors (Lipinski definition) is 2. The molecule has 1 rings (SSSR count). The lowest BCUT2D eigenvalue weighted by atomic mass is 10.1. The van der Waals surface area contributed by atoms with Crippen molar-refractivity contribution in [1.82, 2.24) is 10.3 Å². The molecule has 0 aliphatic carbocycles. The first-order chi connectivity index (χ1) is 7.35. The van der Waals surface area contributed by atoms with Crippen molar-refractivity contribution in [2.24, 2.45) is 0 Å². The lowest BCUT2D eigenvalue weighted by molar-refractivity contribution is 0.0928. The zero-order valence-electron chi connectivity index (χ0n) is 9.55. The summed E-state index contributed by atoms with van der Waals surface area (Å²) in [6.45, 7) is 5.12. The minimum absolute atomic E-state index is 0.0638. The third-order valence-electron chi connectivity index (χ3n) is 2.09. The number of aromatic nitrogens is 1. The second-order valence-electron chi connectivity index (χ2n) is 4.12. The lowest BCUT2D eigenvalue weighted by Gasteiger charge is -2.19. The summed E-state index contributed by atoms with van der Waals surface area (Å²) in [7, 11) is 0. The Balaban J connectivity index is 3.00. The van der Waals surface area contributed by atoms with Gasteiger partial charge in [0.25, 0.3) is 5.91 Å². The number of carbonyl (C=O) groups is 1. The fourth-order valence-electron chi connectivity index (χ4n) is 1.14. The van der Waals surface area contributed by atoms with Crippen LogP contribution in [-0.4, -0.2) is 16.4 Å². The predicted octanol–water partition coefficient (Wildman–Crippen LogP) is 0.825. The SMILES string of the molecule is C#CC(C)(C)NC(=O)c1c[nH]c(C)cc1=O. The molecule has 16 heavy (non-hydrogen) atoms. The molecule has 1 amide bonds. The van der Waals surface area contributed by atoms with Gasteiger partial charge in [-0.15, -0.1) is 6.42 Å². The number of nitrogens with one attached hydrogen (secondary N) is 2. The van der Waals surface area contributed by atoms with Crippen LogP contribution < -0.4 is 10.7 Å². The zero-order chi connectivity index (χ0) is 12.3. The first-order valence-corrected chi connectivity index (χ1v) is 4.85. The molecule has 1 aromatic heterocycles. The molecule has 0 spiro atoms. The Morgan fingerprint density at radius 2 is 2.19 bits per heavy atom. The minimum Gasteiger partial charge on any atom is -0.364 e. The van der Waals surface area contributed by atoms with Crippen LogP contribution in [0.4, 0.5) is 0 Å². The van der Waals surface area contributed by atoms with Crippen molar-refractivity contribution in [3.63, 3.8) is 0 Å². The lowest BCUT2D eigenvalue weighted by Crippen LogP contribution is -2.43. The summed E-state index contributed by atoms with van der Waals surface area (Å²) in [5.41, 5.74) is -0.317. The Kier molecular flexibility index (Phi) is 3.19. The number of terminal acetylenes is 1. The summed E-state index contributed by atoms with van der Waals surface area (Å²) in [6, 6.07) is 1.37. The highest BCUT2D eigenvalue weighted by molar-refractivity contribution is 5.94. The summed E-state index contributed by atoms with van der Waals surface area (Å²) < 4.78 is 0. The fourth-order valence-corrected chi connectivity index (χ4v) is 1.14. The number of pyridine rings is 1. The van der Waals surface area contributed by atoms with E-state index in [9.17, 15) is 9.59 Å². The molecule has 0 fully saturated rings. The predicted molar refractivity (Wildman–Crippen MR) is 62.2 cm³/mol. The molecule has 4 heteroatoms. The van der Waals surface area contributed by atoms with Crippen LogP contribution in [0.5, 0.6) is 0 Å². The number of amides is 1. The van der Waals surface area contributed by atoms with Crippen LogP contribution in [0.25, 0.3) is 0 Å². The number of aromatic amines is 1. The van der Waals surface area contributed by atoms with Crippen LogP contribution >= 0.6 is 0 Å². The number of aryl methyl sites for hydroxylation is 1. The Morgan fingerprint density at radius 1 is 1.56 bits per heavy atom. The number of H-pyrrole nitrogens is 1. The van der Waals surface area contributed by atoms with Gasteiger partial charge in [-0.05, 0) is 20.8 Å². The van der Waals surface area contributed by atoms with E-state index in [1.807, 2.05) is 0 Å². The fraction of sp³-hybridized carbons (Fsp3) is 0.333. The molecule has 0 saturated carbocycles. The van der Waals surface area contributed by atoms with Gasteiger partial charge in [0, 0.05) is 18.0 Å². The maximum absolute atomic E-state index is 11.7. The second kappa shape index (κ2) is 4.23. The third-order valence-corrected chi connectivity index (χ3v) is 2.09. The molecular formula is C12H14N2O2. The molecule has 1 aromatic rings. The van der Waals surface area contributed by atoms with Gasteiger partial charge in [0.2, 0.25) is 0 Å². The van der Waals surface area contributed by atoms with Crippen LogP contribution in [0.15, 0.2) is 17.1 Å². The maximum atomic E-state index is 11.7. The topological polar surface area (TPSA) is 62.0 Å². The third kappa shape index (κ3) is 2.74. The van der Waals surface area contributed by atoms with Crippen LogP contribution in [0, 0.1) is 19.3 Å². The van der Waals surface area contributed by atoms with Gasteiger partial charge in [0.05, 0.1) is 5.54 Å². The van der Waals surface area contributed by atoms with E-state index in [4.69, 9.17) is 6.42 Å². The maximum Gasteiger partial charge on any atom is 0.257 e. The van der Waals surface area contributed by atoms with Crippen molar-refractivity contribution in [3.8, 4) is 12.3 Å². The van der Waals surface area contributed by atoms with E-state index >= 15 is 0 Å². The summed E-state index contributed by atoms with van der Waals surface area (Å²) in [5, 5.41) is 2.59. The van der Waals surface area contributed by atoms with E-state index < -0.39 is 11.4 Å². The van der Waals surface area contributed by atoms with Crippen LogP contribution in [0.2, 0.25) is 0 Å². The molecule has 4 nitrogen and oxygen atoms in total.